The summed E-state index contributed by atoms with van der Waals surface area (Å²) in [6, 6.07) is 11.9. The molecule has 1 aliphatic carbocycles. The lowest BCUT2D eigenvalue weighted by Gasteiger charge is -2.38. The molecule has 11 heteroatoms. The van der Waals surface area contributed by atoms with Gasteiger partial charge in [-0.3, -0.25) is 0 Å². The molecule has 3 aromatic rings. The monoisotopic (exact) mass is 618 g/mol. The molecule has 2 heterocycles. The van der Waals surface area contributed by atoms with Crippen molar-refractivity contribution in [2.24, 2.45) is 5.92 Å². The standard InChI is InChI=1S/C34H34O11/c1-7-17(2)32(36)44-27-18(3)34(15-43-34)31(45-33(37)19-11-9-8-10-12-19)21-14-22(38-4)28(39-5)26(35)24(21)25-20(27)13-23-29(30(25)40-6)42-16-41-23/h7-14,18,27,31,35H,15-16H2,1-6H3/b17-7-/t18-,27+,31-,34+/m0/s1. The minimum Gasteiger partial charge on any atom is -0.504 e. The normalized spacial score (nSPS) is 22.8. The van der Waals surface area contributed by atoms with Gasteiger partial charge in [-0.15, -0.1) is 0 Å². The van der Waals surface area contributed by atoms with Crippen molar-refractivity contribution in [3.63, 3.8) is 0 Å². The molecule has 0 unspecified atom stereocenters. The highest BCUT2D eigenvalue weighted by Crippen LogP contribution is 2.63. The number of allylic oxidation sites excluding steroid dienone is 1. The van der Waals surface area contributed by atoms with Crippen LogP contribution in [-0.2, 0) is 19.0 Å². The highest BCUT2D eigenvalue weighted by atomic mass is 16.7. The van der Waals surface area contributed by atoms with Crippen molar-refractivity contribution in [1.29, 1.82) is 0 Å². The zero-order valence-corrected chi connectivity index (χ0v) is 25.8. The zero-order valence-electron chi connectivity index (χ0n) is 25.8. The van der Waals surface area contributed by atoms with E-state index in [9.17, 15) is 14.7 Å². The van der Waals surface area contributed by atoms with Crippen molar-refractivity contribution < 1.29 is 52.6 Å². The first-order valence-corrected chi connectivity index (χ1v) is 14.4. The van der Waals surface area contributed by atoms with Gasteiger partial charge in [-0.05, 0) is 38.1 Å². The number of hydrogen-bond acceptors (Lipinski definition) is 11. The molecule has 4 atom stereocenters. The smallest absolute Gasteiger partial charge is 0.338 e. The number of carbonyl (C=O) groups is 2. The van der Waals surface area contributed by atoms with Crippen LogP contribution in [0.2, 0.25) is 0 Å². The molecule has 6 rings (SSSR count). The number of aromatic hydroxyl groups is 1. The van der Waals surface area contributed by atoms with Crippen LogP contribution in [0.5, 0.6) is 34.5 Å². The van der Waals surface area contributed by atoms with Crippen LogP contribution in [0.4, 0.5) is 0 Å². The Labute approximate surface area is 260 Å². The molecular formula is C34H34O11. The van der Waals surface area contributed by atoms with Crippen molar-refractivity contribution >= 4 is 11.9 Å². The van der Waals surface area contributed by atoms with E-state index in [2.05, 4.69) is 0 Å². The van der Waals surface area contributed by atoms with E-state index in [1.165, 1.54) is 21.3 Å². The molecule has 1 N–H and O–H groups in total. The second-order valence-corrected chi connectivity index (χ2v) is 11.0. The minimum atomic E-state index is -1.17. The van der Waals surface area contributed by atoms with Crippen molar-refractivity contribution in [3.05, 3.63) is 70.8 Å². The molecule has 236 valence electrons. The lowest BCUT2D eigenvalue weighted by atomic mass is 9.73. The number of ether oxygens (including phenoxy) is 8. The molecular weight excluding hydrogens is 584 g/mol. The Morgan fingerprint density at radius 2 is 1.67 bits per heavy atom. The van der Waals surface area contributed by atoms with Gasteiger partial charge in [-0.25, -0.2) is 9.59 Å². The Morgan fingerprint density at radius 1 is 0.956 bits per heavy atom. The predicted octanol–water partition coefficient (Wildman–Crippen LogP) is 5.68. The average Bonchev–Trinajstić information content (AvgIpc) is 3.73. The number of phenolic OH excluding ortho intramolecular Hbond substituents is 1. The summed E-state index contributed by atoms with van der Waals surface area (Å²) in [5.74, 6) is -0.934. The molecule has 3 aromatic carbocycles. The number of fused-ring (bicyclic) bond motifs is 4. The molecule has 0 aromatic heterocycles. The first-order chi connectivity index (χ1) is 21.7. The van der Waals surface area contributed by atoms with Crippen LogP contribution >= 0.6 is 0 Å². The molecule has 0 amide bonds. The Morgan fingerprint density at radius 3 is 2.29 bits per heavy atom. The Hall–Kier alpha value is -4.90. The van der Waals surface area contributed by atoms with Gasteiger partial charge in [0, 0.05) is 33.7 Å². The van der Waals surface area contributed by atoms with Gasteiger partial charge in [0.2, 0.25) is 18.3 Å². The quantitative estimate of drug-likeness (QED) is 0.199. The molecule has 0 radical (unpaired) electrons. The maximum atomic E-state index is 13.7. The van der Waals surface area contributed by atoms with E-state index in [4.69, 9.17) is 37.9 Å². The van der Waals surface area contributed by atoms with E-state index in [-0.39, 0.29) is 42.0 Å². The van der Waals surface area contributed by atoms with Gasteiger partial charge in [0.25, 0.3) is 0 Å². The maximum Gasteiger partial charge on any atom is 0.338 e. The first kappa shape index (κ1) is 30.1. The first-order valence-electron chi connectivity index (χ1n) is 14.4. The van der Waals surface area contributed by atoms with Gasteiger partial charge in [0.1, 0.15) is 11.7 Å². The van der Waals surface area contributed by atoms with E-state index in [1.54, 1.807) is 62.4 Å². The fourth-order valence-electron chi connectivity index (χ4n) is 6.10. The predicted molar refractivity (Wildman–Crippen MR) is 160 cm³/mol. The van der Waals surface area contributed by atoms with Gasteiger partial charge in [-0.2, -0.15) is 0 Å². The van der Waals surface area contributed by atoms with E-state index >= 15 is 0 Å². The van der Waals surface area contributed by atoms with E-state index < -0.39 is 35.7 Å². The highest BCUT2D eigenvalue weighted by molar-refractivity contribution is 5.92. The lowest BCUT2D eigenvalue weighted by Crippen LogP contribution is -2.39. The summed E-state index contributed by atoms with van der Waals surface area (Å²) in [6.45, 7) is 5.37. The maximum absolute atomic E-state index is 13.7. The van der Waals surface area contributed by atoms with Crippen LogP contribution in [-0.4, -0.2) is 57.4 Å². The SMILES string of the molecule is C/C=C(/C)C(=O)O[C@H]1c2cc3c(c(OC)c2-c2c(cc(OC)c(OC)c2O)[C@H](OC(=O)c2ccccc2)[C@@]2(CO2)[C@H]1C)OCO3. The number of carbonyl (C=O) groups excluding carboxylic acids is 2. The molecule has 1 spiro atoms. The fraction of sp³-hybridized carbons (Fsp3) is 0.353. The summed E-state index contributed by atoms with van der Waals surface area (Å²) in [6.07, 6.45) is -0.427. The second-order valence-electron chi connectivity index (χ2n) is 11.0. The van der Waals surface area contributed by atoms with Crippen LogP contribution in [0.1, 0.15) is 54.5 Å². The lowest BCUT2D eigenvalue weighted by molar-refractivity contribution is -0.150. The van der Waals surface area contributed by atoms with Crippen molar-refractivity contribution in [3.8, 4) is 45.6 Å². The number of epoxide rings is 1. The third-order valence-corrected chi connectivity index (χ3v) is 8.74. The molecule has 0 saturated carbocycles. The molecule has 0 bridgehead atoms. The largest absolute Gasteiger partial charge is 0.504 e. The van der Waals surface area contributed by atoms with E-state index in [0.29, 0.717) is 39.3 Å². The van der Waals surface area contributed by atoms with Crippen LogP contribution in [0.3, 0.4) is 0 Å². The summed E-state index contributed by atoms with van der Waals surface area (Å²) in [5, 5.41) is 12.0. The van der Waals surface area contributed by atoms with Crippen molar-refractivity contribution in [2.75, 3.05) is 34.7 Å². The summed E-state index contributed by atoms with van der Waals surface area (Å²) < 4.78 is 47.4. The number of esters is 2. The number of methoxy groups -OCH3 is 3. The van der Waals surface area contributed by atoms with Crippen LogP contribution in [0.15, 0.2) is 54.1 Å². The van der Waals surface area contributed by atoms with Crippen molar-refractivity contribution in [2.45, 2.75) is 38.6 Å². The third kappa shape index (κ3) is 4.78. The molecule has 1 fully saturated rings. The summed E-state index contributed by atoms with van der Waals surface area (Å²) in [5.41, 5.74) is 0.928. The topological polar surface area (TPSA) is 132 Å². The fourth-order valence-corrected chi connectivity index (χ4v) is 6.10. The van der Waals surface area contributed by atoms with Gasteiger partial charge in [0.15, 0.2) is 29.1 Å². The Balaban J connectivity index is 1.70. The van der Waals surface area contributed by atoms with Gasteiger partial charge < -0.3 is 43.0 Å². The number of phenols is 1. The number of rotatable bonds is 7. The number of benzene rings is 3. The highest BCUT2D eigenvalue weighted by Gasteiger charge is 2.63. The second kappa shape index (κ2) is 11.6. The van der Waals surface area contributed by atoms with Gasteiger partial charge in [-0.1, -0.05) is 31.2 Å². The molecule has 45 heavy (non-hydrogen) atoms. The van der Waals surface area contributed by atoms with Crippen LogP contribution in [0, 0.1) is 5.92 Å². The van der Waals surface area contributed by atoms with Gasteiger partial charge in [0.05, 0.1) is 33.5 Å². The van der Waals surface area contributed by atoms with E-state index in [0.717, 1.165) is 0 Å². The molecule has 11 nitrogen and oxygen atoms in total. The molecule has 1 saturated heterocycles. The minimum absolute atomic E-state index is 0.0350. The zero-order chi connectivity index (χ0) is 32.0. The Bertz CT molecular complexity index is 1690. The third-order valence-electron chi connectivity index (χ3n) is 8.74. The summed E-state index contributed by atoms with van der Waals surface area (Å²) in [4.78, 5) is 27.0. The van der Waals surface area contributed by atoms with Gasteiger partial charge >= 0.3 is 11.9 Å². The Kier molecular flexibility index (Phi) is 7.74. The molecule has 2 aliphatic heterocycles. The summed E-state index contributed by atoms with van der Waals surface area (Å²) in [7, 11) is 4.30. The molecule has 3 aliphatic rings. The van der Waals surface area contributed by atoms with Crippen molar-refractivity contribution in [1.82, 2.24) is 0 Å². The van der Waals surface area contributed by atoms with Crippen LogP contribution in [0.25, 0.3) is 11.1 Å². The average molecular weight is 619 g/mol. The van der Waals surface area contributed by atoms with Crippen LogP contribution < -0.4 is 23.7 Å². The summed E-state index contributed by atoms with van der Waals surface area (Å²) >= 11 is 0. The van der Waals surface area contributed by atoms with E-state index in [1.807, 2.05) is 6.92 Å². The number of hydrogen-bond donors (Lipinski definition) is 1.